The van der Waals surface area contributed by atoms with Crippen molar-refractivity contribution in [2.45, 2.75) is 40.8 Å². The maximum absolute atomic E-state index is 12.3. The van der Waals surface area contributed by atoms with Crippen molar-refractivity contribution in [1.82, 2.24) is 19.8 Å². The zero-order valence-electron chi connectivity index (χ0n) is 23.2. The molecule has 39 heavy (non-hydrogen) atoms. The van der Waals surface area contributed by atoms with Gasteiger partial charge in [0.15, 0.2) is 0 Å². The van der Waals surface area contributed by atoms with E-state index in [1.165, 1.54) is 13.3 Å². The summed E-state index contributed by atoms with van der Waals surface area (Å²) >= 11 is 6.30. The minimum absolute atomic E-state index is 0.282. The summed E-state index contributed by atoms with van der Waals surface area (Å²) in [7, 11) is 1.34. The number of esters is 1. The number of carbonyl (C=O) groups is 1. The number of fused-ring (bicyclic) bond motifs is 3. The first-order chi connectivity index (χ1) is 18.8. The van der Waals surface area contributed by atoms with Gasteiger partial charge in [0.1, 0.15) is 11.6 Å². The fourth-order valence-electron chi connectivity index (χ4n) is 4.74. The van der Waals surface area contributed by atoms with Crippen LogP contribution in [0.2, 0.25) is 5.02 Å². The highest BCUT2D eigenvalue weighted by Crippen LogP contribution is 2.37. The van der Waals surface area contributed by atoms with E-state index < -0.39 is 5.97 Å². The smallest absolute Gasteiger partial charge is 0.339 e. The summed E-state index contributed by atoms with van der Waals surface area (Å²) in [4.78, 5) is 26.4. The lowest BCUT2D eigenvalue weighted by Gasteiger charge is -2.25. The lowest BCUT2D eigenvalue weighted by Crippen LogP contribution is -2.24. The van der Waals surface area contributed by atoms with E-state index in [9.17, 15) is 9.90 Å². The van der Waals surface area contributed by atoms with Crippen LogP contribution in [0.1, 0.15) is 49.2 Å². The Bertz CT molecular complexity index is 1490. The molecule has 8 nitrogen and oxygen atoms in total. The number of nitrogens with zero attached hydrogens (tertiary/aromatic N) is 4. The van der Waals surface area contributed by atoms with Crippen molar-refractivity contribution in [3.05, 3.63) is 64.3 Å². The number of aromatic nitrogens is 2. The van der Waals surface area contributed by atoms with Crippen molar-refractivity contribution in [2.75, 3.05) is 38.6 Å². The number of halogens is 1. The highest BCUT2D eigenvalue weighted by Gasteiger charge is 2.19. The fraction of sp³-hybridized carbons (Fsp3) is 0.367. The third-order valence-electron chi connectivity index (χ3n) is 7.19. The van der Waals surface area contributed by atoms with Crippen molar-refractivity contribution >= 4 is 50.9 Å². The van der Waals surface area contributed by atoms with E-state index >= 15 is 0 Å². The molecule has 2 aromatic carbocycles. The molecule has 0 aliphatic rings. The first-order valence-corrected chi connectivity index (χ1v) is 13.7. The minimum Gasteiger partial charge on any atom is -0.507 e. The van der Waals surface area contributed by atoms with Gasteiger partial charge in [-0.05, 0) is 56.5 Å². The Balaban J connectivity index is 1.89. The van der Waals surface area contributed by atoms with E-state index in [2.05, 4.69) is 47.8 Å². The second kappa shape index (κ2) is 12.6. The highest BCUT2D eigenvalue weighted by atomic mass is 35.5. The predicted octanol–water partition coefficient (Wildman–Crippen LogP) is 6.36. The molecule has 4 rings (SSSR count). The number of nitrogens with one attached hydrogen (secondary N) is 1. The Hall–Kier alpha value is -3.46. The van der Waals surface area contributed by atoms with Gasteiger partial charge in [0.05, 0.1) is 23.7 Å². The van der Waals surface area contributed by atoms with Crippen molar-refractivity contribution in [3.63, 3.8) is 0 Å². The van der Waals surface area contributed by atoms with Crippen LogP contribution in [0.3, 0.4) is 0 Å². The molecule has 0 amide bonds. The summed E-state index contributed by atoms with van der Waals surface area (Å²) in [5, 5.41) is 17.0. The Morgan fingerprint density at radius 1 is 0.974 bits per heavy atom. The molecule has 0 saturated carbocycles. The van der Waals surface area contributed by atoms with Gasteiger partial charge in [0.2, 0.25) is 0 Å². The lowest BCUT2D eigenvalue weighted by molar-refractivity contribution is 0.0600. The molecule has 4 aromatic rings. The van der Waals surface area contributed by atoms with Crippen LogP contribution >= 0.6 is 11.6 Å². The molecule has 2 heterocycles. The monoisotopic (exact) mass is 549 g/mol. The molecule has 9 heteroatoms. The SMILES string of the molecule is CCN(CC)Cc1ccc(Nc2nc3ccc(Cl)cc3c3ncc(C(=O)OC)cc23)c(CN(CC)CC)c1O. The number of rotatable bonds is 11. The quantitative estimate of drug-likeness (QED) is 0.165. The largest absolute Gasteiger partial charge is 0.507 e. The topological polar surface area (TPSA) is 90.8 Å². The molecule has 0 fully saturated rings. The number of pyridine rings is 2. The molecule has 0 atom stereocenters. The van der Waals surface area contributed by atoms with Crippen molar-refractivity contribution in [1.29, 1.82) is 0 Å². The van der Waals surface area contributed by atoms with Crippen LogP contribution in [-0.2, 0) is 17.8 Å². The molecule has 0 saturated heterocycles. The second-order valence-electron chi connectivity index (χ2n) is 9.38. The van der Waals surface area contributed by atoms with E-state index in [1.807, 2.05) is 24.3 Å². The Morgan fingerprint density at radius 2 is 1.67 bits per heavy atom. The summed E-state index contributed by atoms with van der Waals surface area (Å²) in [6, 6.07) is 11.1. The van der Waals surface area contributed by atoms with Crippen molar-refractivity contribution < 1.29 is 14.6 Å². The first-order valence-electron chi connectivity index (χ1n) is 13.4. The predicted molar refractivity (Wildman–Crippen MR) is 158 cm³/mol. The molecule has 206 valence electrons. The minimum atomic E-state index is -0.484. The number of ether oxygens (including phenoxy) is 1. The molecule has 0 spiro atoms. The number of methoxy groups -OCH3 is 1. The van der Waals surface area contributed by atoms with Gasteiger partial charge in [-0.1, -0.05) is 45.4 Å². The van der Waals surface area contributed by atoms with Crippen LogP contribution in [-0.4, -0.2) is 64.1 Å². The summed E-state index contributed by atoms with van der Waals surface area (Å²) in [6.07, 6.45) is 1.50. The van der Waals surface area contributed by atoms with Crippen molar-refractivity contribution in [3.8, 4) is 5.75 Å². The Labute approximate surface area is 234 Å². The van der Waals surface area contributed by atoms with Gasteiger partial charge < -0.3 is 15.2 Å². The fourth-order valence-corrected chi connectivity index (χ4v) is 4.91. The van der Waals surface area contributed by atoms with E-state index in [-0.39, 0.29) is 5.75 Å². The molecular formula is C30H36ClN5O3. The number of phenolic OH excluding ortho intramolecular Hbond substituents is 1. The summed E-state index contributed by atoms with van der Waals surface area (Å²) in [5.41, 5.74) is 4.11. The third-order valence-corrected chi connectivity index (χ3v) is 7.43. The van der Waals surface area contributed by atoms with Gasteiger partial charge >= 0.3 is 5.97 Å². The highest BCUT2D eigenvalue weighted by molar-refractivity contribution is 6.31. The van der Waals surface area contributed by atoms with Crippen LogP contribution < -0.4 is 5.32 Å². The van der Waals surface area contributed by atoms with E-state index in [0.717, 1.165) is 48.4 Å². The van der Waals surface area contributed by atoms with Gasteiger partial charge in [-0.15, -0.1) is 0 Å². The number of carbonyl (C=O) groups excluding carboxylic acids is 1. The number of benzene rings is 2. The second-order valence-corrected chi connectivity index (χ2v) is 9.82. The van der Waals surface area contributed by atoms with E-state index in [0.29, 0.717) is 45.9 Å². The Kier molecular flexibility index (Phi) is 9.22. The summed E-state index contributed by atoms with van der Waals surface area (Å²) < 4.78 is 4.93. The van der Waals surface area contributed by atoms with Crippen LogP contribution in [0.4, 0.5) is 11.5 Å². The average molecular weight is 550 g/mol. The van der Waals surface area contributed by atoms with Gasteiger partial charge in [0.25, 0.3) is 0 Å². The number of anilines is 2. The van der Waals surface area contributed by atoms with Crippen LogP contribution in [0.5, 0.6) is 5.75 Å². The van der Waals surface area contributed by atoms with Gasteiger partial charge in [-0.3, -0.25) is 14.8 Å². The normalized spacial score (nSPS) is 11.6. The number of hydrogen-bond acceptors (Lipinski definition) is 8. The summed E-state index contributed by atoms with van der Waals surface area (Å²) in [6.45, 7) is 13.2. The van der Waals surface area contributed by atoms with Crippen LogP contribution in [0.25, 0.3) is 21.8 Å². The number of aromatic hydroxyl groups is 1. The zero-order chi connectivity index (χ0) is 28.1. The molecule has 0 aliphatic heterocycles. The first kappa shape index (κ1) is 28.5. The van der Waals surface area contributed by atoms with Gasteiger partial charge in [-0.25, -0.2) is 9.78 Å². The van der Waals surface area contributed by atoms with E-state index in [1.54, 1.807) is 12.1 Å². The lowest BCUT2D eigenvalue weighted by atomic mass is 10.0. The number of hydrogen-bond donors (Lipinski definition) is 2. The van der Waals surface area contributed by atoms with E-state index in [4.69, 9.17) is 21.3 Å². The average Bonchev–Trinajstić information content (AvgIpc) is 2.96. The molecule has 0 radical (unpaired) electrons. The number of phenols is 1. The van der Waals surface area contributed by atoms with Gasteiger partial charge in [-0.2, -0.15) is 0 Å². The Morgan fingerprint density at radius 3 is 2.33 bits per heavy atom. The molecule has 0 aliphatic carbocycles. The van der Waals surface area contributed by atoms with Gasteiger partial charge in [0, 0.05) is 51.9 Å². The molecule has 2 aromatic heterocycles. The maximum Gasteiger partial charge on any atom is 0.339 e. The standard InChI is InChI=1S/C30H36ClN5O3/c1-6-35(7-2)17-19-10-12-26(24(28(19)37)18-36(8-3)9-4)34-29-23-14-20(30(38)39-5)16-32-27(23)22-15-21(31)11-13-25(22)33-29/h10-16,37H,6-9,17-18H2,1-5H3,(H,33,34). The zero-order valence-corrected chi connectivity index (χ0v) is 24.0. The molecular weight excluding hydrogens is 514 g/mol. The van der Waals surface area contributed by atoms with Crippen molar-refractivity contribution in [2.24, 2.45) is 0 Å². The molecule has 2 N–H and O–H groups in total. The van der Waals surface area contributed by atoms with Crippen LogP contribution in [0, 0.1) is 0 Å². The van der Waals surface area contributed by atoms with Crippen LogP contribution in [0.15, 0.2) is 42.6 Å². The summed E-state index contributed by atoms with van der Waals surface area (Å²) in [5.74, 6) is 0.320. The molecule has 0 unspecified atom stereocenters. The third kappa shape index (κ3) is 6.08. The maximum atomic E-state index is 12.3. The molecule has 0 bridgehead atoms.